The van der Waals surface area contributed by atoms with Crippen molar-refractivity contribution in [3.63, 3.8) is 0 Å². The van der Waals surface area contributed by atoms with Gasteiger partial charge < -0.3 is 5.11 Å². The SMILES string of the molecule is OC1(C#Cc2cccnc2)CCCCC1. The lowest BCUT2D eigenvalue weighted by Gasteiger charge is -2.26. The quantitative estimate of drug-likeness (QED) is 0.652. The number of rotatable bonds is 0. The molecule has 1 aromatic rings. The van der Waals surface area contributed by atoms with Crippen molar-refractivity contribution < 1.29 is 5.11 Å². The topological polar surface area (TPSA) is 33.1 Å². The monoisotopic (exact) mass is 201 g/mol. The van der Waals surface area contributed by atoms with Gasteiger partial charge in [-0.15, -0.1) is 0 Å². The first-order valence-electron chi connectivity index (χ1n) is 5.44. The van der Waals surface area contributed by atoms with Gasteiger partial charge in [-0.2, -0.15) is 0 Å². The molecule has 0 amide bonds. The molecule has 0 saturated heterocycles. The molecular formula is C13H15NO. The molecule has 0 aliphatic heterocycles. The highest BCUT2D eigenvalue weighted by Gasteiger charge is 2.26. The average molecular weight is 201 g/mol. The summed E-state index contributed by atoms with van der Waals surface area (Å²) in [5, 5.41) is 10.1. The van der Waals surface area contributed by atoms with E-state index in [-0.39, 0.29) is 0 Å². The Hall–Kier alpha value is -1.33. The van der Waals surface area contributed by atoms with Gasteiger partial charge in [-0.1, -0.05) is 18.3 Å². The van der Waals surface area contributed by atoms with Gasteiger partial charge in [0.25, 0.3) is 0 Å². The molecule has 1 fully saturated rings. The van der Waals surface area contributed by atoms with Crippen LogP contribution in [0.25, 0.3) is 0 Å². The van der Waals surface area contributed by atoms with Crippen molar-refractivity contribution in [1.29, 1.82) is 0 Å². The second kappa shape index (κ2) is 4.46. The zero-order valence-electron chi connectivity index (χ0n) is 8.74. The minimum atomic E-state index is -0.756. The third-order valence-electron chi connectivity index (χ3n) is 2.78. The second-order valence-electron chi connectivity index (χ2n) is 4.08. The van der Waals surface area contributed by atoms with E-state index in [0.29, 0.717) is 0 Å². The van der Waals surface area contributed by atoms with Gasteiger partial charge in [-0.25, -0.2) is 0 Å². The summed E-state index contributed by atoms with van der Waals surface area (Å²) in [6.07, 6.45) is 8.44. The Kier molecular flexibility index (Phi) is 3.03. The number of hydrogen-bond acceptors (Lipinski definition) is 2. The average Bonchev–Trinajstić information content (AvgIpc) is 2.29. The molecule has 0 radical (unpaired) electrons. The number of nitrogens with zero attached hydrogens (tertiary/aromatic N) is 1. The smallest absolute Gasteiger partial charge is 0.125 e. The predicted octanol–water partition coefficient (Wildman–Crippen LogP) is 2.13. The zero-order chi connectivity index (χ0) is 10.6. The van der Waals surface area contributed by atoms with Crippen LogP contribution in [0.3, 0.4) is 0 Å². The molecule has 2 heteroatoms. The number of aliphatic hydroxyl groups is 1. The van der Waals surface area contributed by atoms with Gasteiger partial charge in [-0.3, -0.25) is 4.98 Å². The van der Waals surface area contributed by atoms with Crippen molar-refractivity contribution >= 4 is 0 Å². The standard InChI is InChI=1S/C13H15NO/c15-13(7-2-1-3-8-13)9-6-12-5-4-10-14-11-12/h4-5,10-11,15H,1-3,7-8H2. The Balaban J connectivity index is 2.10. The molecule has 1 aliphatic rings. The van der Waals surface area contributed by atoms with E-state index in [1.54, 1.807) is 12.4 Å². The highest BCUT2D eigenvalue weighted by Crippen LogP contribution is 2.27. The molecule has 0 atom stereocenters. The van der Waals surface area contributed by atoms with Crippen LogP contribution < -0.4 is 0 Å². The van der Waals surface area contributed by atoms with E-state index < -0.39 is 5.60 Å². The second-order valence-corrected chi connectivity index (χ2v) is 4.08. The number of aromatic nitrogens is 1. The van der Waals surface area contributed by atoms with Crippen LogP contribution in [0, 0.1) is 11.8 Å². The summed E-state index contributed by atoms with van der Waals surface area (Å²) in [5.41, 5.74) is 0.116. The van der Waals surface area contributed by atoms with Crippen LogP contribution in [0.2, 0.25) is 0 Å². The van der Waals surface area contributed by atoms with E-state index in [0.717, 1.165) is 31.2 Å². The van der Waals surface area contributed by atoms with Gasteiger partial charge in [0, 0.05) is 18.0 Å². The molecule has 0 bridgehead atoms. The first-order valence-corrected chi connectivity index (χ1v) is 5.44. The fraction of sp³-hybridized carbons (Fsp3) is 0.462. The lowest BCUT2D eigenvalue weighted by molar-refractivity contribution is 0.0610. The fourth-order valence-electron chi connectivity index (χ4n) is 1.89. The van der Waals surface area contributed by atoms with Gasteiger partial charge in [0.15, 0.2) is 0 Å². The summed E-state index contributed by atoms with van der Waals surface area (Å²) in [6, 6.07) is 3.76. The first-order chi connectivity index (χ1) is 7.29. The third-order valence-corrected chi connectivity index (χ3v) is 2.78. The van der Waals surface area contributed by atoms with Gasteiger partial charge >= 0.3 is 0 Å². The van der Waals surface area contributed by atoms with Crippen LogP contribution in [0.15, 0.2) is 24.5 Å². The zero-order valence-corrected chi connectivity index (χ0v) is 8.74. The van der Waals surface area contributed by atoms with Crippen molar-refractivity contribution in [1.82, 2.24) is 4.98 Å². The summed E-state index contributed by atoms with van der Waals surface area (Å²) < 4.78 is 0. The molecule has 1 heterocycles. The molecular weight excluding hydrogens is 186 g/mol. The lowest BCUT2D eigenvalue weighted by Crippen LogP contribution is -2.29. The maximum atomic E-state index is 10.1. The summed E-state index contributed by atoms with van der Waals surface area (Å²) in [6.45, 7) is 0. The van der Waals surface area contributed by atoms with Gasteiger partial charge in [-0.05, 0) is 37.8 Å². The molecule has 78 valence electrons. The molecule has 1 N–H and O–H groups in total. The summed E-state index contributed by atoms with van der Waals surface area (Å²) in [7, 11) is 0. The van der Waals surface area contributed by atoms with Crippen molar-refractivity contribution in [3.05, 3.63) is 30.1 Å². The molecule has 0 aromatic carbocycles. The van der Waals surface area contributed by atoms with Crippen LogP contribution in [0.4, 0.5) is 0 Å². The largest absolute Gasteiger partial charge is 0.378 e. The molecule has 1 saturated carbocycles. The van der Waals surface area contributed by atoms with Crippen molar-refractivity contribution in [2.45, 2.75) is 37.7 Å². The van der Waals surface area contributed by atoms with E-state index in [2.05, 4.69) is 16.8 Å². The highest BCUT2D eigenvalue weighted by molar-refractivity contribution is 5.34. The van der Waals surface area contributed by atoms with Crippen LogP contribution in [0.5, 0.6) is 0 Å². The van der Waals surface area contributed by atoms with Gasteiger partial charge in [0.05, 0.1) is 0 Å². The van der Waals surface area contributed by atoms with Crippen molar-refractivity contribution in [3.8, 4) is 11.8 Å². The van der Waals surface area contributed by atoms with E-state index >= 15 is 0 Å². The molecule has 1 aliphatic carbocycles. The van der Waals surface area contributed by atoms with Crippen molar-refractivity contribution in [2.24, 2.45) is 0 Å². The number of hydrogen-bond donors (Lipinski definition) is 1. The van der Waals surface area contributed by atoms with Gasteiger partial charge in [0.1, 0.15) is 5.60 Å². The Morgan fingerprint density at radius 1 is 1.27 bits per heavy atom. The maximum absolute atomic E-state index is 10.1. The van der Waals surface area contributed by atoms with E-state index in [1.807, 2.05) is 12.1 Å². The maximum Gasteiger partial charge on any atom is 0.125 e. The van der Waals surface area contributed by atoms with Crippen LogP contribution in [0.1, 0.15) is 37.7 Å². The van der Waals surface area contributed by atoms with Crippen LogP contribution in [-0.2, 0) is 0 Å². The molecule has 2 nitrogen and oxygen atoms in total. The molecule has 2 rings (SSSR count). The molecule has 15 heavy (non-hydrogen) atoms. The minimum Gasteiger partial charge on any atom is -0.378 e. The van der Waals surface area contributed by atoms with Crippen molar-refractivity contribution in [2.75, 3.05) is 0 Å². The summed E-state index contributed by atoms with van der Waals surface area (Å²) >= 11 is 0. The lowest BCUT2D eigenvalue weighted by atomic mass is 9.85. The van der Waals surface area contributed by atoms with Crippen LogP contribution >= 0.6 is 0 Å². The molecule has 1 aromatic heterocycles. The predicted molar refractivity (Wildman–Crippen MR) is 59.1 cm³/mol. The Morgan fingerprint density at radius 2 is 2.07 bits per heavy atom. The minimum absolute atomic E-state index is 0.756. The Morgan fingerprint density at radius 3 is 2.73 bits per heavy atom. The highest BCUT2D eigenvalue weighted by atomic mass is 16.3. The molecule has 0 spiro atoms. The number of pyridine rings is 1. The van der Waals surface area contributed by atoms with E-state index in [1.165, 1.54) is 6.42 Å². The molecule has 0 unspecified atom stereocenters. The third kappa shape index (κ3) is 2.81. The van der Waals surface area contributed by atoms with E-state index in [4.69, 9.17) is 0 Å². The van der Waals surface area contributed by atoms with E-state index in [9.17, 15) is 5.11 Å². The Labute approximate surface area is 90.4 Å². The normalized spacial score (nSPS) is 19.0. The first kappa shape index (κ1) is 10.2. The summed E-state index contributed by atoms with van der Waals surface area (Å²) in [4.78, 5) is 3.99. The van der Waals surface area contributed by atoms with Crippen LogP contribution in [-0.4, -0.2) is 15.7 Å². The fourth-order valence-corrected chi connectivity index (χ4v) is 1.89. The Bertz CT molecular complexity index is 369. The summed E-state index contributed by atoms with van der Waals surface area (Å²) in [5.74, 6) is 5.97. The van der Waals surface area contributed by atoms with Gasteiger partial charge in [0.2, 0.25) is 0 Å².